The Morgan fingerprint density at radius 3 is 2.66 bits per heavy atom. The highest BCUT2D eigenvalue weighted by atomic mass is 16.5. The van der Waals surface area contributed by atoms with Crippen LogP contribution in [0.1, 0.15) is 58.8 Å². The summed E-state index contributed by atoms with van der Waals surface area (Å²) < 4.78 is 23.7. The van der Waals surface area contributed by atoms with Crippen molar-refractivity contribution in [2.24, 2.45) is 5.73 Å². The Bertz CT molecular complexity index is 1430. The second-order valence-corrected chi connectivity index (χ2v) is 11.3. The smallest absolute Gasteiger partial charge is 0.407 e. The summed E-state index contributed by atoms with van der Waals surface area (Å²) >= 11 is 0. The minimum absolute atomic E-state index is 0.0367. The maximum atomic E-state index is 11.9. The van der Waals surface area contributed by atoms with Crippen LogP contribution >= 0.6 is 0 Å². The van der Waals surface area contributed by atoms with Gasteiger partial charge in [-0.2, -0.15) is 0 Å². The molecule has 2 amide bonds. The third-order valence-corrected chi connectivity index (χ3v) is 8.32. The summed E-state index contributed by atoms with van der Waals surface area (Å²) in [6, 6.07) is 21.1. The van der Waals surface area contributed by atoms with Gasteiger partial charge in [-0.05, 0) is 66.8 Å². The van der Waals surface area contributed by atoms with Gasteiger partial charge in [0, 0.05) is 38.3 Å². The number of nitrogens with zero attached hydrogens (tertiary/aromatic N) is 2. The summed E-state index contributed by atoms with van der Waals surface area (Å²) in [4.78, 5) is 27.1. The van der Waals surface area contributed by atoms with E-state index >= 15 is 0 Å². The van der Waals surface area contributed by atoms with Crippen LogP contribution in [0.5, 0.6) is 11.5 Å². The maximum Gasteiger partial charge on any atom is 0.407 e. The zero-order valence-electron chi connectivity index (χ0n) is 25.3. The standard InChI is InChI=1S/C34H41N3O7/c1-23(44-28-6-3-5-27(20-28)33(35)38)25-8-10-26(11-9-25)29-13-15-37(34(39)40)21-32(29)43-22-24-7-12-31-30(19-24)36(16-18-42-31)14-4-17-41-2/h3,5-12,19-20,23,29,32H,4,13-18,21-22H2,1-2H3,(H2,35,38)(H,39,40). The Morgan fingerprint density at radius 2 is 1.91 bits per heavy atom. The first-order valence-corrected chi connectivity index (χ1v) is 15.1. The van der Waals surface area contributed by atoms with Crippen molar-refractivity contribution in [2.75, 3.05) is 51.4 Å². The van der Waals surface area contributed by atoms with Gasteiger partial charge in [-0.15, -0.1) is 0 Å². The van der Waals surface area contributed by atoms with E-state index < -0.39 is 12.0 Å². The van der Waals surface area contributed by atoms with E-state index in [1.54, 1.807) is 31.4 Å². The topological polar surface area (TPSA) is 124 Å². The largest absolute Gasteiger partial charge is 0.490 e. The first-order valence-electron chi connectivity index (χ1n) is 15.1. The Morgan fingerprint density at radius 1 is 1.09 bits per heavy atom. The van der Waals surface area contributed by atoms with Gasteiger partial charge in [-0.3, -0.25) is 4.79 Å². The number of carboxylic acid groups (broad SMARTS) is 1. The molecule has 10 heteroatoms. The molecule has 2 heterocycles. The molecule has 0 bridgehead atoms. The van der Waals surface area contributed by atoms with Gasteiger partial charge in [0.2, 0.25) is 5.91 Å². The Hall–Kier alpha value is -4.28. The fourth-order valence-electron chi connectivity index (χ4n) is 5.89. The second kappa shape index (κ2) is 14.5. The molecule has 2 aliphatic heterocycles. The molecule has 0 spiro atoms. The number of rotatable bonds is 12. The van der Waals surface area contributed by atoms with Gasteiger partial charge in [0.1, 0.15) is 24.2 Å². The first kappa shape index (κ1) is 31.2. The number of carbonyl (C=O) groups excluding carboxylic acids is 1. The number of primary amides is 1. The van der Waals surface area contributed by atoms with Crippen LogP contribution in [0.15, 0.2) is 66.7 Å². The molecule has 0 radical (unpaired) electrons. The van der Waals surface area contributed by atoms with Gasteiger partial charge < -0.3 is 39.6 Å². The number of amides is 2. The zero-order chi connectivity index (χ0) is 31.1. The zero-order valence-corrected chi connectivity index (χ0v) is 25.3. The molecule has 3 unspecified atom stereocenters. The lowest BCUT2D eigenvalue weighted by molar-refractivity contribution is -0.0199. The highest BCUT2D eigenvalue weighted by Gasteiger charge is 2.33. The lowest BCUT2D eigenvalue weighted by Crippen LogP contribution is -2.46. The number of piperidine rings is 1. The minimum atomic E-state index is -0.934. The SMILES string of the molecule is COCCCN1CCOc2ccc(COC3CN(C(=O)O)CCC3c3ccc(C(C)Oc4cccc(C(N)=O)c4)cc3)cc21. The lowest BCUT2D eigenvalue weighted by atomic mass is 9.86. The van der Waals surface area contributed by atoms with Crippen molar-refractivity contribution < 1.29 is 33.6 Å². The summed E-state index contributed by atoms with van der Waals surface area (Å²) in [6.07, 6.45) is 0.0955. The van der Waals surface area contributed by atoms with E-state index in [9.17, 15) is 14.7 Å². The van der Waals surface area contributed by atoms with Crippen LogP contribution in [0, 0.1) is 0 Å². The molecule has 5 rings (SSSR count). The van der Waals surface area contributed by atoms with Crippen LogP contribution in [0.4, 0.5) is 10.5 Å². The molecular formula is C34H41N3O7. The highest BCUT2D eigenvalue weighted by molar-refractivity contribution is 5.93. The number of benzene rings is 3. The van der Waals surface area contributed by atoms with E-state index in [-0.39, 0.29) is 18.1 Å². The molecule has 1 fully saturated rings. The number of methoxy groups -OCH3 is 1. The van der Waals surface area contributed by atoms with Crippen LogP contribution < -0.4 is 20.1 Å². The van der Waals surface area contributed by atoms with Crippen LogP contribution in [0.3, 0.4) is 0 Å². The molecule has 3 aromatic rings. The predicted molar refractivity (Wildman–Crippen MR) is 167 cm³/mol. The van der Waals surface area contributed by atoms with E-state index in [0.29, 0.717) is 50.6 Å². The fraction of sp³-hybridized carbons (Fsp3) is 0.412. The molecule has 3 N–H and O–H groups in total. The number of hydrogen-bond donors (Lipinski definition) is 2. The molecule has 0 saturated carbocycles. The van der Waals surface area contributed by atoms with Crippen molar-refractivity contribution in [1.82, 2.24) is 4.90 Å². The van der Waals surface area contributed by atoms with Crippen LogP contribution in [-0.2, 0) is 16.1 Å². The van der Waals surface area contributed by atoms with Gasteiger partial charge in [0.15, 0.2) is 0 Å². The van der Waals surface area contributed by atoms with Crippen molar-refractivity contribution in [3.8, 4) is 11.5 Å². The number of nitrogens with two attached hydrogens (primary N) is 1. The Labute approximate surface area is 258 Å². The monoisotopic (exact) mass is 603 g/mol. The second-order valence-electron chi connectivity index (χ2n) is 11.3. The summed E-state index contributed by atoms with van der Waals surface area (Å²) in [6.45, 7) is 6.11. The average molecular weight is 604 g/mol. The first-order chi connectivity index (χ1) is 21.3. The highest BCUT2D eigenvalue weighted by Crippen LogP contribution is 2.35. The predicted octanol–water partition coefficient (Wildman–Crippen LogP) is 5.21. The van der Waals surface area contributed by atoms with Crippen molar-refractivity contribution in [3.05, 3.63) is 89.0 Å². The molecule has 2 aliphatic rings. The van der Waals surface area contributed by atoms with Gasteiger partial charge in [-0.1, -0.05) is 36.4 Å². The van der Waals surface area contributed by atoms with E-state index in [1.165, 1.54) is 4.90 Å². The third-order valence-electron chi connectivity index (χ3n) is 8.32. The Kier molecular flexibility index (Phi) is 10.2. The van der Waals surface area contributed by atoms with Crippen molar-refractivity contribution in [2.45, 2.75) is 44.5 Å². The minimum Gasteiger partial charge on any atom is -0.490 e. The molecule has 44 heavy (non-hydrogen) atoms. The fourth-order valence-corrected chi connectivity index (χ4v) is 5.89. The number of carbonyl (C=O) groups is 2. The van der Waals surface area contributed by atoms with Gasteiger partial charge in [-0.25, -0.2) is 4.79 Å². The van der Waals surface area contributed by atoms with E-state index in [0.717, 1.165) is 47.6 Å². The lowest BCUT2D eigenvalue weighted by Gasteiger charge is -2.37. The van der Waals surface area contributed by atoms with Crippen molar-refractivity contribution in [1.29, 1.82) is 0 Å². The van der Waals surface area contributed by atoms with Crippen LogP contribution in [0.2, 0.25) is 0 Å². The van der Waals surface area contributed by atoms with Crippen LogP contribution in [0.25, 0.3) is 0 Å². The van der Waals surface area contributed by atoms with Crippen molar-refractivity contribution >= 4 is 17.7 Å². The summed E-state index contributed by atoms with van der Waals surface area (Å²) in [5.74, 6) is 0.969. The number of fused-ring (bicyclic) bond motifs is 1. The molecule has 1 saturated heterocycles. The van der Waals surface area contributed by atoms with E-state index in [2.05, 4.69) is 23.1 Å². The molecule has 3 atom stereocenters. The van der Waals surface area contributed by atoms with Crippen molar-refractivity contribution in [3.63, 3.8) is 0 Å². The number of ether oxygens (including phenoxy) is 4. The summed E-state index contributed by atoms with van der Waals surface area (Å²) in [5, 5.41) is 9.72. The molecule has 0 aliphatic carbocycles. The molecular weight excluding hydrogens is 562 g/mol. The number of hydrogen-bond acceptors (Lipinski definition) is 7. The summed E-state index contributed by atoms with van der Waals surface area (Å²) in [7, 11) is 1.71. The van der Waals surface area contributed by atoms with E-state index in [1.807, 2.05) is 31.2 Å². The average Bonchev–Trinajstić information content (AvgIpc) is 3.04. The molecule has 0 aromatic heterocycles. The normalized spacial score (nSPS) is 18.7. The maximum absolute atomic E-state index is 11.9. The number of likely N-dealkylation sites (tertiary alicyclic amines) is 1. The third kappa shape index (κ3) is 7.62. The van der Waals surface area contributed by atoms with Gasteiger partial charge in [0.05, 0.1) is 31.5 Å². The number of anilines is 1. The van der Waals surface area contributed by atoms with Gasteiger partial charge in [0.25, 0.3) is 0 Å². The quantitative estimate of drug-likeness (QED) is 0.270. The van der Waals surface area contributed by atoms with Crippen LogP contribution in [-0.4, -0.2) is 74.6 Å². The Balaban J connectivity index is 1.27. The molecule has 10 nitrogen and oxygen atoms in total. The summed E-state index contributed by atoms with van der Waals surface area (Å²) in [5.41, 5.74) is 9.93. The van der Waals surface area contributed by atoms with E-state index in [4.69, 9.17) is 24.7 Å². The molecule has 234 valence electrons. The van der Waals surface area contributed by atoms with Gasteiger partial charge >= 0.3 is 6.09 Å². The molecule has 3 aromatic carbocycles.